The molecule has 0 aliphatic rings. The van der Waals surface area contributed by atoms with Gasteiger partial charge < -0.3 is 33.3 Å². The van der Waals surface area contributed by atoms with E-state index >= 15 is 0 Å². The fraction of sp³-hybridized carbons (Fsp3) is 0.716. The Morgan fingerprint density at radius 2 is 0.687 bits per heavy atom. The molecule has 0 aliphatic carbocycles. The van der Waals surface area contributed by atoms with Crippen molar-refractivity contribution in [2.75, 3.05) is 47.5 Å². The van der Waals surface area contributed by atoms with Crippen LogP contribution < -0.4 is 5.11 Å². The van der Waals surface area contributed by atoms with Crippen LogP contribution in [0.1, 0.15) is 284 Å². The van der Waals surface area contributed by atoms with Gasteiger partial charge in [0.15, 0.2) is 12.4 Å². The van der Waals surface area contributed by atoms with E-state index in [0.717, 1.165) is 96.3 Å². The zero-order chi connectivity index (χ0) is 60.5. The highest BCUT2D eigenvalue weighted by Crippen LogP contribution is 2.16. The number of carboxylic acids is 1. The van der Waals surface area contributed by atoms with Crippen LogP contribution in [0.4, 0.5) is 0 Å². The lowest BCUT2D eigenvalue weighted by Crippen LogP contribution is -2.44. The molecule has 0 aromatic heterocycles. The van der Waals surface area contributed by atoms with Crippen molar-refractivity contribution in [1.82, 2.24) is 0 Å². The van der Waals surface area contributed by atoms with E-state index in [-0.39, 0.29) is 38.6 Å². The summed E-state index contributed by atoms with van der Waals surface area (Å²) in [6.07, 6.45) is 85.8. The fourth-order valence-corrected chi connectivity index (χ4v) is 9.31. The van der Waals surface area contributed by atoms with Crippen molar-refractivity contribution in [2.24, 2.45) is 0 Å². The summed E-state index contributed by atoms with van der Waals surface area (Å²) in [6, 6.07) is 0. The Labute approximate surface area is 511 Å². The van der Waals surface area contributed by atoms with Gasteiger partial charge in [0, 0.05) is 12.8 Å². The predicted octanol–water partition coefficient (Wildman–Crippen LogP) is 19.7. The summed E-state index contributed by atoms with van der Waals surface area (Å²) in [5.41, 5.74) is 0. The average Bonchev–Trinajstić information content (AvgIpc) is 3.46. The first-order valence-electron chi connectivity index (χ1n) is 34.0. The summed E-state index contributed by atoms with van der Waals surface area (Å²) in [7, 11) is 5.93. The Bertz CT molecular complexity index is 1730. The number of unbranched alkanes of at least 4 members (excludes halogenated alkanes) is 29. The van der Waals surface area contributed by atoms with Crippen molar-refractivity contribution in [3.05, 3.63) is 109 Å². The molecule has 0 spiro atoms. The Kier molecular flexibility index (Phi) is 60.8. The van der Waals surface area contributed by atoms with Gasteiger partial charge in [-0.05, 0) is 103 Å². The van der Waals surface area contributed by atoms with Gasteiger partial charge in [0.2, 0.25) is 0 Å². The van der Waals surface area contributed by atoms with Crippen LogP contribution in [-0.4, -0.2) is 82.3 Å². The smallest absolute Gasteiger partial charge is 0.306 e. The molecule has 0 aromatic carbocycles. The Morgan fingerprint density at radius 1 is 0.373 bits per heavy atom. The minimum atomic E-state index is -1.63. The number of likely N-dealkylation sites (N-methyl/N-ethyl adjacent to an activating group) is 1. The molecule has 0 amide bonds. The van der Waals surface area contributed by atoms with E-state index in [1.54, 1.807) is 0 Å². The molecule has 2 unspecified atom stereocenters. The third kappa shape index (κ3) is 65.3. The molecule has 2 atom stereocenters. The molecule has 0 radical (unpaired) electrons. The largest absolute Gasteiger partial charge is 0.545 e. The van der Waals surface area contributed by atoms with Crippen LogP contribution in [-0.2, 0) is 33.3 Å². The second-order valence-electron chi connectivity index (χ2n) is 23.7. The molecule has 0 fully saturated rings. The molecule has 0 bridgehead atoms. The summed E-state index contributed by atoms with van der Waals surface area (Å²) >= 11 is 0. The summed E-state index contributed by atoms with van der Waals surface area (Å²) in [4.78, 5) is 37.5. The topological polar surface area (TPSA) is 111 Å². The second-order valence-corrected chi connectivity index (χ2v) is 23.7. The number of carbonyl (C=O) groups excluding carboxylic acids is 3. The third-order valence-electron chi connectivity index (χ3n) is 14.5. The van der Waals surface area contributed by atoms with Gasteiger partial charge in [0.1, 0.15) is 13.2 Å². The maximum absolute atomic E-state index is 12.9. The molecule has 0 heterocycles. The predicted molar refractivity (Wildman–Crippen MR) is 352 cm³/mol. The van der Waals surface area contributed by atoms with Crippen LogP contribution >= 0.6 is 0 Å². The third-order valence-corrected chi connectivity index (χ3v) is 14.5. The molecule has 0 aromatic rings. The number of esters is 2. The van der Waals surface area contributed by atoms with E-state index in [9.17, 15) is 19.5 Å². The van der Waals surface area contributed by atoms with Crippen LogP contribution in [0.25, 0.3) is 0 Å². The summed E-state index contributed by atoms with van der Waals surface area (Å²) in [5, 5.41) is 11.8. The number of ether oxygens (including phenoxy) is 4. The second kappa shape index (κ2) is 64.0. The number of aliphatic carboxylic acids is 1. The van der Waals surface area contributed by atoms with E-state index in [1.807, 2.05) is 21.1 Å². The van der Waals surface area contributed by atoms with E-state index in [0.29, 0.717) is 17.4 Å². The van der Waals surface area contributed by atoms with Crippen molar-refractivity contribution in [3.8, 4) is 0 Å². The zero-order valence-corrected chi connectivity index (χ0v) is 54.3. The molecule has 0 N–H and O–H groups in total. The van der Waals surface area contributed by atoms with E-state index in [2.05, 4.69) is 123 Å². The standard InChI is InChI=1S/C74H127NO8/c1-6-8-10-12-14-16-18-20-22-24-26-28-30-31-32-33-34-35-36-37-38-39-40-41-43-45-47-49-51-53-55-57-59-61-63-65-72(77)83-70(69-82-74(73(78)79)80-67-66-75(3,4)5)68-81-71(76)64-62-60-58-56-54-52-50-48-46-44-42-29-27-25-23-21-19-17-15-13-11-9-7-2/h8,10,14,16,20,22,25-28,31-32,34-35,37-38,40-41,70,74H,6-7,9,11-13,15,17-19,21,23-24,29-30,33,36,39,42-69H2,1-5H3/b10-8-,16-14-,22-20-,27-25-,28-26-,32-31-,35-34-,38-37-,41-40-. The molecule has 0 saturated carbocycles. The molecule has 83 heavy (non-hydrogen) atoms. The van der Waals surface area contributed by atoms with Crippen LogP contribution in [0.5, 0.6) is 0 Å². The van der Waals surface area contributed by atoms with Gasteiger partial charge in [-0.2, -0.15) is 0 Å². The zero-order valence-electron chi connectivity index (χ0n) is 54.3. The normalized spacial score (nSPS) is 13.4. The molecule has 0 rings (SSSR count). The van der Waals surface area contributed by atoms with Crippen LogP contribution in [0.3, 0.4) is 0 Å². The number of carbonyl (C=O) groups is 3. The summed E-state index contributed by atoms with van der Waals surface area (Å²) in [5.74, 6) is -2.29. The number of rotatable bonds is 62. The highest BCUT2D eigenvalue weighted by atomic mass is 16.7. The van der Waals surface area contributed by atoms with E-state index in [4.69, 9.17) is 18.9 Å². The first-order valence-corrected chi connectivity index (χ1v) is 34.0. The lowest BCUT2D eigenvalue weighted by molar-refractivity contribution is -0.870. The Morgan fingerprint density at radius 3 is 1.04 bits per heavy atom. The van der Waals surface area contributed by atoms with Crippen LogP contribution in [0, 0.1) is 0 Å². The molecule has 9 heteroatoms. The van der Waals surface area contributed by atoms with Gasteiger partial charge in [-0.3, -0.25) is 9.59 Å². The number of carboxylic acid groups (broad SMARTS) is 1. The van der Waals surface area contributed by atoms with Crippen LogP contribution in [0.15, 0.2) is 109 Å². The van der Waals surface area contributed by atoms with Crippen molar-refractivity contribution >= 4 is 17.9 Å². The highest BCUT2D eigenvalue weighted by Gasteiger charge is 2.22. The maximum Gasteiger partial charge on any atom is 0.306 e. The number of hydrogen-bond acceptors (Lipinski definition) is 8. The van der Waals surface area contributed by atoms with Gasteiger partial charge in [0.25, 0.3) is 0 Å². The number of quaternary nitrogens is 1. The lowest BCUT2D eigenvalue weighted by Gasteiger charge is -2.26. The molecule has 476 valence electrons. The molecule has 0 saturated heterocycles. The first kappa shape index (κ1) is 79.0. The quantitative estimate of drug-likeness (QED) is 0.0195. The van der Waals surface area contributed by atoms with Gasteiger partial charge in [-0.25, -0.2) is 0 Å². The molecule has 0 aliphatic heterocycles. The maximum atomic E-state index is 12.9. The monoisotopic (exact) mass is 1160 g/mol. The van der Waals surface area contributed by atoms with Crippen LogP contribution in [0.2, 0.25) is 0 Å². The van der Waals surface area contributed by atoms with Gasteiger partial charge in [-0.15, -0.1) is 0 Å². The van der Waals surface area contributed by atoms with Crippen molar-refractivity contribution in [3.63, 3.8) is 0 Å². The summed E-state index contributed by atoms with van der Waals surface area (Å²) < 4.78 is 22.8. The van der Waals surface area contributed by atoms with Gasteiger partial charge >= 0.3 is 11.9 Å². The highest BCUT2D eigenvalue weighted by molar-refractivity contribution is 5.70. The summed E-state index contributed by atoms with van der Waals surface area (Å²) in [6.45, 7) is 4.65. The number of nitrogens with zero attached hydrogens (tertiary/aromatic N) is 1. The van der Waals surface area contributed by atoms with Crippen molar-refractivity contribution in [2.45, 2.75) is 296 Å². The van der Waals surface area contributed by atoms with Gasteiger partial charge in [-0.1, -0.05) is 277 Å². The minimum Gasteiger partial charge on any atom is -0.545 e. The average molecular weight is 1160 g/mol. The fourth-order valence-electron chi connectivity index (χ4n) is 9.31. The Hall–Kier alpha value is -4.05. The molecular weight excluding hydrogens is 1030 g/mol. The van der Waals surface area contributed by atoms with Crippen molar-refractivity contribution in [1.29, 1.82) is 0 Å². The molecule has 9 nitrogen and oxygen atoms in total. The van der Waals surface area contributed by atoms with Crippen molar-refractivity contribution < 1.29 is 42.9 Å². The molecular formula is C74H127NO8. The van der Waals surface area contributed by atoms with E-state index in [1.165, 1.54) is 154 Å². The minimum absolute atomic E-state index is 0.143. The number of hydrogen-bond donors (Lipinski definition) is 0. The lowest BCUT2D eigenvalue weighted by atomic mass is 10.0. The SMILES string of the molecule is CC/C=C\C/C=C\C/C=C\C/C=C\C/C=C\C/C=C\C/C=C\C/C=C\CCCCCCCCCCCCC(=O)OC(COC(=O)CCCCCCCCCCCCC/C=C\CCCCCCCCCC)COC(OCC[N+](C)(C)C)C(=O)[O-]. The Balaban J connectivity index is 4.17. The number of allylic oxidation sites excluding steroid dienone is 18. The van der Waals surface area contributed by atoms with E-state index < -0.39 is 24.3 Å². The first-order chi connectivity index (χ1) is 40.6. The van der Waals surface area contributed by atoms with Gasteiger partial charge in [0.05, 0.1) is 40.3 Å².